The zero-order valence-electron chi connectivity index (χ0n) is 17.8. The second-order valence-electron chi connectivity index (χ2n) is 8.03. The number of unbranched alkanes of at least 4 members (excludes halogenated alkanes) is 3. The van der Waals surface area contributed by atoms with Gasteiger partial charge in [0.25, 0.3) is 0 Å². The predicted molar refractivity (Wildman–Crippen MR) is 121 cm³/mol. The van der Waals surface area contributed by atoms with Gasteiger partial charge in [-0.25, -0.2) is 4.39 Å². The fraction of sp³-hybridized carbons (Fsp3) is 0.259. The number of fused-ring (bicyclic) bond motifs is 3. The number of hydrogen-bond acceptors (Lipinski definition) is 1. The molecule has 0 spiro atoms. The normalized spacial score (nSPS) is 11.9. The molecule has 0 unspecified atom stereocenters. The molecule has 0 aliphatic rings. The molecule has 0 heterocycles. The Hall–Kier alpha value is -3.08. The Balaban J connectivity index is 1.64. The van der Waals surface area contributed by atoms with Crippen molar-refractivity contribution in [1.82, 2.24) is 0 Å². The van der Waals surface area contributed by atoms with Crippen LogP contribution in [0.1, 0.15) is 38.2 Å². The van der Waals surface area contributed by atoms with Crippen molar-refractivity contribution in [1.29, 1.82) is 0 Å². The van der Waals surface area contributed by atoms with Crippen LogP contribution >= 0.6 is 0 Å². The number of ether oxygens (including phenoxy) is 1. The van der Waals surface area contributed by atoms with E-state index in [1.165, 1.54) is 49.1 Å². The van der Waals surface area contributed by atoms with Gasteiger partial charge in [0.15, 0.2) is 0 Å². The van der Waals surface area contributed by atoms with Crippen molar-refractivity contribution >= 4 is 21.5 Å². The van der Waals surface area contributed by atoms with Gasteiger partial charge in [0.1, 0.15) is 11.6 Å². The Kier molecular flexibility index (Phi) is 6.35. The van der Waals surface area contributed by atoms with Crippen LogP contribution < -0.4 is 4.74 Å². The van der Waals surface area contributed by atoms with E-state index < -0.39 is 12.2 Å². The van der Waals surface area contributed by atoms with Gasteiger partial charge in [-0.3, -0.25) is 0 Å². The quantitative estimate of drug-likeness (QED) is 0.158. The number of alkyl halides is 3. The molecule has 5 heteroatoms. The molecule has 0 aromatic heterocycles. The summed E-state index contributed by atoms with van der Waals surface area (Å²) in [7, 11) is 0. The van der Waals surface area contributed by atoms with E-state index in [0.717, 1.165) is 29.0 Å². The lowest BCUT2D eigenvalue weighted by molar-refractivity contribution is -0.274. The average molecular weight is 440 g/mol. The Morgan fingerprint density at radius 3 is 2.19 bits per heavy atom. The van der Waals surface area contributed by atoms with Gasteiger partial charge in [0.2, 0.25) is 0 Å². The summed E-state index contributed by atoms with van der Waals surface area (Å²) >= 11 is 0. The largest absolute Gasteiger partial charge is 0.573 e. The molecule has 0 radical (unpaired) electrons. The van der Waals surface area contributed by atoms with Crippen molar-refractivity contribution in [2.75, 3.05) is 0 Å². The van der Waals surface area contributed by atoms with Gasteiger partial charge in [-0.1, -0.05) is 80.8 Å². The van der Waals surface area contributed by atoms with E-state index in [1.807, 2.05) is 12.1 Å². The van der Waals surface area contributed by atoms with Gasteiger partial charge < -0.3 is 4.74 Å². The maximum Gasteiger partial charge on any atom is 0.573 e. The van der Waals surface area contributed by atoms with Crippen molar-refractivity contribution < 1.29 is 22.3 Å². The summed E-state index contributed by atoms with van der Waals surface area (Å²) in [4.78, 5) is 0. The van der Waals surface area contributed by atoms with Gasteiger partial charge >= 0.3 is 6.36 Å². The van der Waals surface area contributed by atoms with Crippen molar-refractivity contribution in [3.63, 3.8) is 0 Å². The Morgan fingerprint density at radius 2 is 1.47 bits per heavy atom. The van der Waals surface area contributed by atoms with Crippen LogP contribution in [0, 0.1) is 5.82 Å². The first-order valence-electron chi connectivity index (χ1n) is 10.9. The summed E-state index contributed by atoms with van der Waals surface area (Å²) in [5, 5.41) is 3.37. The van der Waals surface area contributed by atoms with Crippen LogP contribution in [-0.4, -0.2) is 6.36 Å². The van der Waals surface area contributed by atoms with E-state index in [0.29, 0.717) is 16.5 Å². The van der Waals surface area contributed by atoms with Crippen LogP contribution in [0.2, 0.25) is 0 Å². The van der Waals surface area contributed by atoms with Gasteiger partial charge in [0.05, 0.1) is 0 Å². The summed E-state index contributed by atoms with van der Waals surface area (Å²) in [5.74, 6) is -0.725. The van der Waals surface area contributed by atoms with Gasteiger partial charge in [-0.2, -0.15) is 0 Å². The fourth-order valence-corrected chi connectivity index (χ4v) is 4.13. The second-order valence-corrected chi connectivity index (χ2v) is 8.03. The number of rotatable bonds is 7. The lowest BCUT2D eigenvalue weighted by Gasteiger charge is -2.12. The van der Waals surface area contributed by atoms with Crippen molar-refractivity contribution in [3.05, 3.63) is 78.1 Å². The monoisotopic (exact) mass is 440 g/mol. The molecule has 0 bridgehead atoms. The molecule has 32 heavy (non-hydrogen) atoms. The topological polar surface area (TPSA) is 9.23 Å². The molecule has 0 fully saturated rings. The fourth-order valence-electron chi connectivity index (χ4n) is 4.13. The van der Waals surface area contributed by atoms with Crippen LogP contribution in [0.3, 0.4) is 0 Å². The molecule has 0 aliphatic heterocycles. The molecule has 0 saturated carbocycles. The first kappa shape index (κ1) is 22.1. The average Bonchev–Trinajstić information content (AvgIpc) is 2.76. The first-order chi connectivity index (χ1) is 15.4. The Bertz CT molecular complexity index is 1230. The number of aryl methyl sites for hydroxylation is 1. The Labute approximate surface area is 184 Å². The standard InChI is InChI=1S/C27H24F4O/c1-2-3-4-5-6-18-7-13-22-20(17-18)10-14-25-24(22)16-15-23(26(25)28)19-8-11-21(12-9-19)32-27(29,30)31/h7-17H,2-6H2,1H3. The van der Waals surface area contributed by atoms with Crippen molar-refractivity contribution in [2.45, 2.75) is 45.4 Å². The molecular formula is C27H24F4O. The summed E-state index contributed by atoms with van der Waals surface area (Å²) in [6.45, 7) is 2.20. The minimum atomic E-state index is -4.76. The molecule has 0 amide bonds. The maximum absolute atomic E-state index is 15.4. The molecular weight excluding hydrogens is 416 g/mol. The van der Waals surface area contributed by atoms with Crippen molar-refractivity contribution in [3.8, 4) is 16.9 Å². The van der Waals surface area contributed by atoms with Gasteiger partial charge in [-0.05, 0) is 52.3 Å². The van der Waals surface area contributed by atoms with E-state index in [-0.39, 0.29) is 5.75 Å². The van der Waals surface area contributed by atoms with Gasteiger partial charge in [-0.15, -0.1) is 13.2 Å². The summed E-state index contributed by atoms with van der Waals surface area (Å²) in [6, 6.07) is 18.8. The van der Waals surface area contributed by atoms with E-state index in [1.54, 1.807) is 12.1 Å². The van der Waals surface area contributed by atoms with Crippen molar-refractivity contribution in [2.24, 2.45) is 0 Å². The smallest absolute Gasteiger partial charge is 0.406 e. The zero-order chi connectivity index (χ0) is 22.7. The van der Waals surface area contributed by atoms with E-state index in [4.69, 9.17) is 0 Å². The highest BCUT2D eigenvalue weighted by molar-refractivity contribution is 6.08. The lowest BCUT2D eigenvalue weighted by atomic mass is 9.95. The third-order valence-corrected chi connectivity index (χ3v) is 5.73. The molecule has 0 atom stereocenters. The summed E-state index contributed by atoms with van der Waals surface area (Å²) in [6.07, 6.45) is 1.13. The number of hydrogen-bond donors (Lipinski definition) is 0. The van der Waals surface area contributed by atoms with E-state index in [9.17, 15) is 13.2 Å². The third kappa shape index (κ3) is 4.87. The summed E-state index contributed by atoms with van der Waals surface area (Å²) in [5.41, 5.74) is 2.11. The van der Waals surface area contributed by atoms with Crippen LogP contribution in [-0.2, 0) is 6.42 Å². The maximum atomic E-state index is 15.4. The third-order valence-electron chi connectivity index (χ3n) is 5.73. The minimum Gasteiger partial charge on any atom is -0.406 e. The minimum absolute atomic E-state index is 0.334. The SMILES string of the molecule is CCCCCCc1ccc2c(ccc3c(F)c(-c4ccc(OC(F)(F)F)cc4)ccc32)c1. The number of halogens is 4. The van der Waals surface area contributed by atoms with Crippen LogP contribution in [0.4, 0.5) is 17.6 Å². The second kappa shape index (κ2) is 9.19. The molecule has 0 N–H and O–H groups in total. The highest BCUT2D eigenvalue weighted by Crippen LogP contribution is 2.34. The van der Waals surface area contributed by atoms with E-state index in [2.05, 4.69) is 29.9 Å². The van der Waals surface area contributed by atoms with Crippen LogP contribution in [0.25, 0.3) is 32.7 Å². The zero-order valence-corrected chi connectivity index (χ0v) is 17.8. The molecule has 4 aromatic carbocycles. The molecule has 4 aromatic rings. The highest BCUT2D eigenvalue weighted by atomic mass is 19.4. The Morgan fingerprint density at radius 1 is 0.750 bits per heavy atom. The molecule has 0 aliphatic carbocycles. The van der Waals surface area contributed by atoms with Gasteiger partial charge in [0, 0.05) is 10.9 Å². The lowest BCUT2D eigenvalue weighted by Crippen LogP contribution is -2.16. The predicted octanol–water partition coefficient (Wildman–Crippen LogP) is 8.82. The van der Waals surface area contributed by atoms with Crippen LogP contribution in [0.15, 0.2) is 66.7 Å². The number of benzene rings is 4. The molecule has 0 saturated heterocycles. The first-order valence-corrected chi connectivity index (χ1v) is 10.9. The molecule has 1 nitrogen and oxygen atoms in total. The van der Waals surface area contributed by atoms with Crippen LogP contribution in [0.5, 0.6) is 5.75 Å². The molecule has 166 valence electrons. The summed E-state index contributed by atoms with van der Waals surface area (Å²) < 4.78 is 56.4. The van der Waals surface area contributed by atoms with E-state index >= 15 is 4.39 Å². The highest BCUT2D eigenvalue weighted by Gasteiger charge is 2.31. The molecule has 4 rings (SSSR count).